The van der Waals surface area contributed by atoms with Crippen LogP contribution in [0, 0.1) is 5.92 Å². The van der Waals surface area contributed by atoms with Crippen LogP contribution in [-0.2, 0) is 6.42 Å². The first-order valence-electron chi connectivity index (χ1n) is 4.87. The quantitative estimate of drug-likeness (QED) is 0.633. The van der Waals surface area contributed by atoms with Gasteiger partial charge in [-0.25, -0.2) is 0 Å². The average molecular weight is 162 g/mol. The SMILES string of the molecule is CC[C@H](C)CCc1ccccc1. The van der Waals surface area contributed by atoms with E-state index < -0.39 is 0 Å². The molecule has 0 saturated heterocycles. The van der Waals surface area contributed by atoms with E-state index in [1.165, 1.54) is 24.8 Å². The Kier molecular flexibility index (Phi) is 3.86. The van der Waals surface area contributed by atoms with Gasteiger partial charge in [-0.2, -0.15) is 0 Å². The van der Waals surface area contributed by atoms with Gasteiger partial charge in [0.1, 0.15) is 0 Å². The highest BCUT2D eigenvalue weighted by Crippen LogP contribution is 2.11. The van der Waals surface area contributed by atoms with Crippen molar-refractivity contribution in [2.45, 2.75) is 33.1 Å². The van der Waals surface area contributed by atoms with E-state index in [-0.39, 0.29) is 0 Å². The van der Waals surface area contributed by atoms with Crippen LogP contribution in [0.15, 0.2) is 30.3 Å². The Morgan fingerprint density at radius 3 is 2.42 bits per heavy atom. The topological polar surface area (TPSA) is 0 Å². The minimum Gasteiger partial charge on any atom is -0.0651 e. The van der Waals surface area contributed by atoms with E-state index in [4.69, 9.17) is 0 Å². The second-order valence-corrected chi connectivity index (χ2v) is 3.54. The molecular formula is C12H18. The summed E-state index contributed by atoms with van der Waals surface area (Å²) in [6.45, 7) is 4.58. The van der Waals surface area contributed by atoms with Gasteiger partial charge in [-0.15, -0.1) is 0 Å². The van der Waals surface area contributed by atoms with E-state index in [0.29, 0.717) is 0 Å². The second kappa shape index (κ2) is 4.97. The Hall–Kier alpha value is -0.780. The first-order chi connectivity index (χ1) is 5.83. The summed E-state index contributed by atoms with van der Waals surface area (Å²) >= 11 is 0. The van der Waals surface area contributed by atoms with Crippen molar-refractivity contribution in [1.82, 2.24) is 0 Å². The average Bonchev–Trinajstić information content (AvgIpc) is 2.16. The summed E-state index contributed by atoms with van der Waals surface area (Å²) in [7, 11) is 0. The van der Waals surface area contributed by atoms with Gasteiger partial charge in [0.15, 0.2) is 0 Å². The van der Waals surface area contributed by atoms with E-state index in [9.17, 15) is 0 Å². The maximum Gasteiger partial charge on any atom is -0.0276 e. The smallest absolute Gasteiger partial charge is 0.0276 e. The second-order valence-electron chi connectivity index (χ2n) is 3.54. The number of rotatable bonds is 4. The molecular weight excluding hydrogens is 144 g/mol. The first-order valence-corrected chi connectivity index (χ1v) is 4.87. The van der Waals surface area contributed by atoms with Crippen molar-refractivity contribution in [2.24, 2.45) is 5.92 Å². The molecule has 1 aromatic rings. The van der Waals surface area contributed by atoms with E-state index in [2.05, 4.69) is 44.2 Å². The molecule has 0 N–H and O–H groups in total. The van der Waals surface area contributed by atoms with Gasteiger partial charge < -0.3 is 0 Å². The number of benzene rings is 1. The van der Waals surface area contributed by atoms with Crippen LogP contribution in [0.1, 0.15) is 32.3 Å². The van der Waals surface area contributed by atoms with Crippen molar-refractivity contribution in [2.75, 3.05) is 0 Å². The van der Waals surface area contributed by atoms with E-state index in [0.717, 1.165) is 5.92 Å². The molecule has 1 rings (SSSR count). The lowest BCUT2D eigenvalue weighted by molar-refractivity contribution is 0.516. The Morgan fingerprint density at radius 2 is 1.83 bits per heavy atom. The maximum absolute atomic E-state index is 2.32. The zero-order chi connectivity index (χ0) is 8.81. The molecule has 0 aliphatic heterocycles. The normalized spacial score (nSPS) is 12.8. The predicted molar refractivity (Wildman–Crippen MR) is 54.2 cm³/mol. The van der Waals surface area contributed by atoms with Gasteiger partial charge in [0.25, 0.3) is 0 Å². The minimum atomic E-state index is 0.866. The zero-order valence-corrected chi connectivity index (χ0v) is 8.09. The first kappa shape index (κ1) is 9.31. The lowest BCUT2D eigenvalue weighted by atomic mass is 9.99. The maximum atomic E-state index is 2.32. The van der Waals surface area contributed by atoms with Crippen LogP contribution in [0.25, 0.3) is 0 Å². The van der Waals surface area contributed by atoms with Gasteiger partial charge in [0.05, 0.1) is 0 Å². The molecule has 0 unspecified atom stereocenters. The molecule has 0 spiro atoms. The lowest BCUT2D eigenvalue weighted by Gasteiger charge is -2.07. The number of hydrogen-bond acceptors (Lipinski definition) is 0. The third-order valence-corrected chi connectivity index (χ3v) is 2.47. The van der Waals surface area contributed by atoms with Crippen molar-refractivity contribution in [3.05, 3.63) is 35.9 Å². The van der Waals surface area contributed by atoms with E-state index >= 15 is 0 Å². The minimum absolute atomic E-state index is 0.866. The third-order valence-electron chi connectivity index (χ3n) is 2.47. The van der Waals surface area contributed by atoms with E-state index in [1.54, 1.807) is 0 Å². The molecule has 0 radical (unpaired) electrons. The summed E-state index contributed by atoms with van der Waals surface area (Å²) < 4.78 is 0. The molecule has 0 heterocycles. The van der Waals surface area contributed by atoms with Gasteiger partial charge in [-0.1, -0.05) is 50.6 Å². The molecule has 66 valence electrons. The van der Waals surface area contributed by atoms with Crippen LogP contribution < -0.4 is 0 Å². The van der Waals surface area contributed by atoms with Crippen LogP contribution >= 0.6 is 0 Å². The van der Waals surface area contributed by atoms with Crippen LogP contribution in [0.3, 0.4) is 0 Å². The zero-order valence-electron chi connectivity index (χ0n) is 8.09. The van der Waals surface area contributed by atoms with Crippen LogP contribution in [0.5, 0.6) is 0 Å². The Balaban J connectivity index is 2.33. The fraction of sp³-hybridized carbons (Fsp3) is 0.500. The molecule has 0 saturated carbocycles. The molecule has 0 aromatic heterocycles. The molecule has 0 aliphatic carbocycles. The Labute approximate surface area is 75.6 Å². The summed E-state index contributed by atoms with van der Waals surface area (Å²) in [4.78, 5) is 0. The highest BCUT2D eigenvalue weighted by Gasteiger charge is 1.98. The summed E-state index contributed by atoms with van der Waals surface area (Å²) in [6.07, 6.45) is 3.85. The molecule has 0 fully saturated rings. The molecule has 12 heavy (non-hydrogen) atoms. The van der Waals surface area contributed by atoms with E-state index in [1.807, 2.05) is 0 Å². The molecule has 0 amide bonds. The highest BCUT2D eigenvalue weighted by molar-refractivity contribution is 5.14. The van der Waals surface area contributed by atoms with Crippen LogP contribution in [0.4, 0.5) is 0 Å². The molecule has 0 bridgehead atoms. The van der Waals surface area contributed by atoms with Crippen molar-refractivity contribution < 1.29 is 0 Å². The summed E-state index contributed by atoms with van der Waals surface area (Å²) in [5.41, 5.74) is 1.47. The Bertz CT molecular complexity index is 201. The standard InChI is InChI=1S/C12H18/c1-3-11(2)9-10-12-7-5-4-6-8-12/h4-8,11H,3,9-10H2,1-2H3/t11-/m0/s1. The van der Waals surface area contributed by atoms with Crippen molar-refractivity contribution in [3.63, 3.8) is 0 Å². The van der Waals surface area contributed by atoms with Gasteiger partial charge >= 0.3 is 0 Å². The summed E-state index contributed by atoms with van der Waals surface area (Å²) in [5.74, 6) is 0.866. The molecule has 1 aromatic carbocycles. The fourth-order valence-electron chi connectivity index (χ4n) is 1.26. The predicted octanol–water partition coefficient (Wildman–Crippen LogP) is 3.67. The van der Waals surface area contributed by atoms with Crippen molar-refractivity contribution in [1.29, 1.82) is 0 Å². The van der Waals surface area contributed by atoms with Gasteiger partial charge in [0.2, 0.25) is 0 Å². The van der Waals surface area contributed by atoms with Gasteiger partial charge in [0, 0.05) is 0 Å². The van der Waals surface area contributed by atoms with Gasteiger partial charge in [-0.05, 0) is 24.3 Å². The molecule has 0 heteroatoms. The van der Waals surface area contributed by atoms with Crippen molar-refractivity contribution in [3.8, 4) is 0 Å². The Morgan fingerprint density at radius 1 is 1.17 bits per heavy atom. The van der Waals surface area contributed by atoms with Gasteiger partial charge in [-0.3, -0.25) is 0 Å². The number of hydrogen-bond donors (Lipinski definition) is 0. The number of aryl methyl sites for hydroxylation is 1. The molecule has 0 nitrogen and oxygen atoms in total. The molecule has 0 aliphatic rings. The summed E-state index contributed by atoms with van der Waals surface area (Å²) in [5, 5.41) is 0. The third kappa shape index (κ3) is 3.08. The summed E-state index contributed by atoms with van der Waals surface area (Å²) in [6, 6.07) is 10.7. The highest BCUT2D eigenvalue weighted by atomic mass is 14.0. The monoisotopic (exact) mass is 162 g/mol. The fourth-order valence-corrected chi connectivity index (χ4v) is 1.26. The molecule has 1 atom stereocenters. The largest absolute Gasteiger partial charge is 0.0651 e. The van der Waals surface area contributed by atoms with Crippen molar-refractivity contribution >= 4 is 0 Å². The lowest BCUT2D eigenvalue weighted by Crippen LogP contribution is -1.94. The van der Waals surface area contributed by atoms with Crippen LogP contribution in [0.2, 0.25) is 0 Å². The van der Waals surface area contributed by atoms with Crippen LogP contribution in [-0.4, -0.2) is 0 Å².